The van der Waals surface area contributed by atoms with Gasteiger partial charge in [0, 0.05) is 26.3 Å². The van der Waals surface area contributed by atoms with Crippen molar-refractivity contribution in [3.05, 3.63) is 18.2 Å². The largest absolute Gasteiger partial charge is 0.483 e. The maximum atomic E-state index is 11.1. The molecule has 0 aromatic carbocycles. The second-order valence-electron chi connectivity index (χ2n) is 5.84. The van der Waals surface area contributed by atoms with Gasteiger partial charge < -0.3 is 24.6 Å². The summed E-state index contributed by atoms with van der Waals surface area (Å²) >= 11 is 0. The molecular weight excluding hydrogens is 300 g/mol. The second-order valence-corrected chi connectivity index (χ2v) is 5.84. The van der Waals surface area contributed by atoms with Crippen molar-refractivity contribution in [2.75, 3.05) is 27.2 Å². The SMILES string of the molecule is CCC(c1cn(CC2CCN(C)C2)cn1)N(C)C(=O)O.O=CO. The predicted molar refractivity (Wildman–Crippen MR) is 85.3 cm³/mol. The van der Waals surface area contributed by atoms with E-state index in [0.717, 1.165) is 31.7 Å². The van der Waals surface area contributed by atoms with E-state index in [9.17, 15) is 4.79 Å². The van der Waals surface area contributed by atoms with E-state index >= 15 is 0 Å². The summed E-state index contributed by atoms with van der Waals surface area (Å²) in [5, 5.41) is 16.0. The van der Waals surface area contributed by atoms with Gasteiger partial charge in [0.15, 0.2) is 0 Å². The molecule has 8 nitrogen and oxygen atoms in total. The Morgan fingerprint density at radius 1 is 1.61 bits per heavy atom. The Balaban J connectivity index is 0.000000816. The average Bonchev–Trinajstić information content (AvgIpc) is 3.10. The van der Waals surface area contributed by atoms with E-state index in [1.54, 1.807) is 7.05 Å². The molecule has 1 saturated heterocycles. The summed E-state index contributed by atoms with van der Waals surface area (Å²) in [5.74, 6) is 0.666. The molecule has 2 heterocycles. The minimum atomic E-state index is -0.913. The molecule has 0 bridgehead atoms. The summed E-state index contributed by atoms with van der Waals surface area (Å²) in [4.78, 5) is 27.5. The van der Waals surface area contributed by atoms with Crippen molar-refractivity contribution in [2.45, 2.75) is 32.4 Å². The molecule has 23 heavy (non-hydrogen) atoms. The van der Waals surface area contributed by atoms with E-state index in [4.69, 9.17) is 15.0 Å². The Morgan fingerprint density at radius 3 is 2.74 bits per heavy atom. The molecule has 1 amide bonds. The third kappa shape index (κ3) is 5.55. The lowest BCUT2D eigenvalue weighted by Crippen LogP contribution is -2.29. The van der Waals surface area contributed by atoms with Crippen molar-refractivity contribution >= 4 is 12.6 Å². The summed E-state index contributed by atoms with van der Waals surface area (Å²) in [5.41, 5.74) is 0.837. The smallest absolute Gasteiger partial charge is 0.407 e. The molecule has 0 aliphatic carbocycles. The number of imidazole rings is 1. The van der Waals surface area contributed by atoms with Crippen molar-refractivity contribution in [3.63, 3.8) is 0 Å². The van der Waals surface area contributed by atoms with Crippen molar-refractivity contribution in [3.8, 4) is 0 Å². The summed E-state index contributed by atoms with van der Waals surface area (Å²) in [6.07, 6.45) is 4.85. The molecule has 2 rings (SSSR count). The van der Waals surface area contributed by atoms with Gasteiger partial charge in [0.05, 0.1) is 18.1 Å². The Morgan fingerprint density at radius 2 is 2.26 bits per heavy atom. The van der Waals surface area contributed by atoms with E-state index in [-0.39, 0.29) is 12.5 Å². The number of likely N-dealkylation sites (tertiary alicyclic amines) is 1. The maximum Gasteiger partial charge on any atom is 0.407 e. The molecule has 1 aromatic rings. The molecule has 0 spiro atoms. The van der Waals surface area contributed by atoms with Gasteiger partial charge in [-0.2, -0.15) is 0 Å². The second kappa shape index (κ2) is 9.14. The quantitative estimate of drug-likeness (QED) is 0.797. The number of carboxylic acid groups (broad SMARTS) is 2. The number of nitrogens with zero attached hydrogens (tertiary/aromatic N) is 4. The highest BCUT2D eigenvalue weighted by Crippen LogP contribution is 2.22. The summed E-state index contributed by atoms with van der Waals surface area (Å²) < 4.78 is 2.09. The summed E-state index contributed by atoms with van der Waals surface area (Å²) in [7, 11) is 3.75. The van der Waals surface area contributed by atoms with Crippen LogP contribution in [0.4, 0.5) is 4.79 Å². The third-order valence-electron chi connectivity index (χ3n) is 4.11. The molecule has 0 radical (unpaired) electrons. The van der Waals surface area contributed by atoms with Gasteiger partial charge in [0.2, 0.25) is 0 Å². The van der Waals surface area contributed by atoms with E-state index in [0.29, 0.717) is 5.92 Å². The van der Waals surface area contributed by atoms with Crippen molar-refractivity contribution in [1.29, 1.82) is 0 Å². The average molecular weight is 326 g/mol. The normalized spacial score (nSPS) is 18.8. The number of aromatic nitrogens is 2. The standard InChI is InChI=1S/C14H24N4O2.CH2O2/c1-4-13(17(3)14(19)20)12-9-18(10-15-12)8-11-5-6-16(2)7-11;2-1-3/h9-11,13H,4-8H2,1-3H3,(H,19,20);1H,(H,2,3). The van der Waals surface area contributed by atoms with Crippen LogP contribution in [0, 0.1) is 5.92 Å². The topological polar surface area (TPSA) is 98.9 Å². The first-order valence-electron chi connectivity index (χ1n) is 7.66. The number of hydrogen-bond donors (Lipinski definition) is 2. The zero-order chi connectivity index (χ0) is 17.4. The maximum absolute atomic E-state index is 11.1. The molecule has 1 fully saturated rings. The van der Waals surface area contributed by atoms with Gasteiger partial charge in [-0.25, -0.2) is 9.78 Å². The van der Waals surface area contributed by atoms with E-state index < -0.39 is 6.09 Å². The highest BCUT2D eigenvalue weighted by atomic mass is 16.4. The molecule has 2 unspecified atom stereocenters. The van der Waals surface area contributed by atoms with Crippen LogP contribution < -0.4 is 0 Å². The zero-order valence-electron chi connectivity index (χ0n) is 13.9. The van der Waals surface area contributed by atoms with E-state index in [2.05, 4.69) is 21.5 Å². The van der Waals surface area contributed by atoms with Crippen LogP contribution in [0.15, 0.2) is 12.5 Å². The fraction of sp³-hybridized carbons (Fsp3) is 0.667. The van der Waals surface area contributed by atoms with Crippen molar-refractivity contribution in [2.24, 2.45) is 5.92 Å². The van der Waals surface area contributed by atoms with Crippen LogP contribution in [0.3, 0.4) is 0 Å². The Hall–Kier alpha value is -2.09. The van der Waals surface area contributed by atoms with Crippen LogP contribution in [0.2, 0.25) is 0 Å². The molecule has 2 N–H and O–H groups in total. The Bertz CT molecular complexity index is 505. The molecule has 130 valence electrons. The van der Waals surface area contributed by atoms with Crippen molar-refractivity contribution < 1.29 is 19.8 Å². The Kier molecular flexibility index (Phi) is 7.53. The molecule has 1 aliphatic rings. The van der Waals surface area contributed by atoms with Gasteiger partial charge in [0.1, 0.15) is 0 Å². The minimum absolute atomic E-state index is 0.167. The summed E-state index contributed by atoms with van der Waals surface area (Å²) in [6, 6.07) is -0.167. The first-order chi connectivity index (χ1) is 10.9. The van der Waals surface area contributed by atoms with Crippen molar-refractivity contribution in [1.82, 2.24) is 19.4 Å². The molecule has 1 aromatic heterocycles. The van der Waals surface area contributed by atoms with Crippen LogP contribution in [-0.2, 0) is 11.3 Å². The molecular formula is C15H26N4O4. The van der Waals surface area contributed by atoms with Crippen LogP contribution in [0.1, 0.15) is 31.5 Å². The summed E-state index contributed by atoms with van der Waals surface area (Å²) in [6.45, 7) is 4.98. The lowest BCUT2D eigenvalue weighted by atomic mass is 10.1. The molecule has 2 atom stereocenters. The van der Waals surface area contributed by atoms with Crippen LogP contribution in [0.25, 0.3) is 0 Å². The fourth-order valence-corrected chi connectivity index (χ4v) is 2.94. The predicted octanol–water partition coefficient (Wildman–Crippen LogP) is 1.60. The van der Waals surface area contributed by atoms with Gasteiger partial charge in [0.25, 0.3) is 6.47 Å². The first kappa shape index (κ1) is 19.0. The van der Waals surface area contributed by atoms with E-state index in [1.807, 2.05) is 19.4 Å². The lowest BCUT2D eigenvalue weighted by Gasteiger charge is -2.22. The van der Waals surface area contributed by atoms with E-state index in [1.165, 1.54) is 11.3 Å². The number of carbonyl (C=O) groups is 2. The van der Waals surface area contributed by atoms with Crippen LogP contribution in [-0.4, -0.2) is 69.3 Å². The monoisotopic (exact) mass is 326 g/mol. The Labute approximate surface area is 136 Å². The molecule has 1 aliphatic heterocycles. The minimum Gasteiger partial charge on any atom is -0.483 e. The highest BCUT2D eigenvalue weighted by Gasteiger charge is 2.23. The zero-order valence-corrected chi connectivity index (χ0v) is 13.9. The fourth-order valence-electron chi connectivity index (χ4n) is 2.94. The van der Waals surface area contributed by atoms with Crippen LogP contribution in [0.5, 0.6) is 0 Å². The molecule has 0 saturated carbocycles. The number of amides is 1. The van der Waals surface area contributed by atoms with Gasteiger partial charge in [-0.1, -0.05) is 6.92 Å². The van der Waals surface area contributed by atoms with Crippen LogP contribution >= 0.6 is 0 Å². The third-order valence-corrected chi connectivity index (χ3v) is 4.11. The van der Waals surface area contributed by atoms with Gasteiger partial charge in [-0.3, -0.25) is 4.79 Å². The highest BCUT2D eigenvalue weighted by molar-refractivity contribution is 5.65. The number of hydrogen-bond acceptors (Lipinski definition) is 4. The lowest BCUT2D eigenvalue weighted by molar-refractivity contribution is -0.122. The first-order valence-corrected chi connectivity index (χ1v) is 7.66. The number of rotatable bonds is 5. The molecule has 8 heteroatoms. The van der Waals surface area contributed by atoms with Gasteiger partial charge in [-0.15, -0.1) is 0 Å². The van der Waals surface area contributed by atoms with Gasteiger partial charge >= 0.3 is 6.09 Å². The van der Waals surface area contributed by atoms with Gasteiger partial charge in [-0.05, 0) is 32.4 Å².